The quantitative estimate of drug-likeness (QED) is 0.130. The van der Waals surface area contributed by atoms with Crippen LogP contribution < -0.4 is 9.47 Å². The molecule has 0 bridgehead atoms. The number of ether oxygens (including phenoxy) is 3. The number of esters is 1. The van der Waals surface area contributed by atoms with Gasteiger partial charge in [-0.3, -0.25) is 9.59 Å². The summed E-state index contributed by atoms with van der Waals surface area (Å²) in [4.78, 5) is 34.9. The van der Waals surface area contributed by atoms with Crippen molar-refractivity contribution in [1.82, 2.24) is 0 Å². The molecule has 2 aliphatic carbocycles. The van der Waals surface area contributed by atoms with Gasteiger partial charge in [0, 0.05) is 34.5 Å². The number of carbonyl (C=O) groups excluding carboxylic acids is 3. The van der Waals surface area contributed by atoms with Gasteiger partial charge in [-0.1, -0.05) is 52.3 Å². The first-order chi connectivity index (χ1) is 22.4. The van der Waals surface area contributed by atoms with Crippen LogP contribution in [0.15, 0.2) is 95.5 Å². The van der Waals surface area contributed by atoms with Gasteiger partial charge in [0.2, 0.25) is 0 Å². The molecule has 0 N–H and O–H groups in total. The minimum absolute atomic E-state index is 0.226. The minimum atomic E-state index is -0.342. The number of carbonyl (C=O) groups is 3. The van der Waals surface area contributed by atoms with E-state index in [0.717, 1.165) is 80.6 Å². The van der Waals surface area contributed by atoms with Crippen molar-refractivity contribution >= 4 is 39.5 Å². The summed E-state index contributed by atoms with van der Waals surface area (Å²) in [5.41, 5.74) is 6.99. The van der Waals surface area contributed by atoms with E-state index < -0.39 is 0 Å². The number of benzene rings is 4. The molecular weight excluding hydrogens is 644 g/mol. The van der Waals surface area contributed by atoms with Gasteiger partial charge in [0.05, 0.1) is 6.61 Å². The molecule has 0 unspecified atom stereocenters. The topological polar surface area (TPSA) is 78.9 Å². The summed E-state index contributed by atoms with van der Waals surface area (Å²) in [7, 11) is 0. The average molecular weight is 682 g/mol. The van der Waals surface area contributed by atoms with Crippen LogP contribution in [0, 0.1) is 0 Å². The van der Waals surface area contributed by atoms with Crippen molar-refractivity contribution in [3.05, 3.63) is 134 Å². The molecule has 0 saturated heterocycles. The van der Waals surface area contributed by atoms with E-state index in [2.05, 4.69) is 15.9 Å². The molecule has 2 aliphatic rings. The highest BCUT2D eigenvalue weighted by Gasteiger charge is 2.18. The lowest BCUT2D eigenvalue weighted by molar-refractivity contribution is -0.137. The van der Waals surface area contributed by atoms with Gasteiger partial charge in [-0.2, -0.15) is 0 Å². The lowest BCUT2D eigenvalue weighted by Crippen LogP contribution is -2.10. The van der Waals surface area contributed by atoms with E-state index in [9.17, 15) is 14.4 Å². The Labute approximate surface area is 278 Å². The summed E-state index contributed by atoms with van der Waals surface area (Å²) >= 11 is 3.42. The SMILES string of the molecule is CCOC(=O)/C=C/c1ccc(COc2ccc3c(c2)CCCC3=O)cc1.O=C1CCCc2cc(OCc3ccc(Br)cc3)ccc21. The maximum absolute atomic E-state index is 11.9. The number of hydrogen-bond donors (Lipinski definition) is 0. The first-order valence-corrected chi connectivity index (χ1v) is 16.4. The van der Waals surface area contributed by atoms with E-state index in [0.29, 0.717) is 32.7 Å². The van der Waals surface area contributed by atoms with Gasteiger partial charge in [-0.05, 0) is 115 Å². The first-order valence-electron chi connectivity index (χ1n) is 15.6. The number of hydrogen-bond acceptors (Lipinski definition) is 6. The van der Waals surface area contributed by atoms with Gasteiger partial charge >= 0.3 is 5.97 Å². The van der Waals surface area contributed by atoms with Crippen LogP contribution in [0.4, 0.5) is 0 Å². The second-order valence-corrected chi connectivity index (χ2v) is 12.1. The van der Waals surface area contributed by atoms with Crippen molar-refractivity contribution in [2.75, 3.05) is 6.61 Å². The molecule has 6 rings (SSSR count). The van der Waals surface area contributed by atoms with Crippen molar-refractivity contribution in [3.63, 3.8) is 0 Å². The second-order valence-electron chi connectivity index (χ2n) is 11.2. The molecule has 0 amide bonds. The van der Waals surface area contributed by atoms with Crippen LogP contribution in [0.3, 0.4) is 0 Å². The zero-order valence-corrected chi connectivity index (χ0v) is 27.5. The highest BCUT2D eigenvalue weighted by atomic mass is 79.9. The average Bonchev–Trinajstić information content (AvgIpc) is 3.07. The van der Waals surface area contributed by atoms with Gasteiger partial charge in [0.1, 0.15) is 24.7 Å². The minimum Gasteiger partial charge on any atom is -0.489 e. The van der Waals surface area contributed by atoms with Crippen LogP contribution in [0.2, 0.25) is 0 Å². The molecule has 0 aliphatic heterocycles. The summed E-state index contributed by atoms with van der Waals surface area (Å²) in [5, 5.41) is 0. The van der Waals surface area contributed by atoms with Gasteiger partial charge in [0.25, 0.3) is 0 Å². The van der Waals surface area contributed by atoms with Crippen LogP contribution in [0.1, 0.15) is 81.1 Å². The fourth-order valence-electron chi connectivity index (χ4n) is 5.42. The third-order valence-electron chi connectivity index (χ3n) is 7.86. The van der Waals surface area contributed by atoms with Crippen LogP contribution in [-0.4, -0.2) is 24.1 Å². The molecule has 0 saturated carbocycles. The van der Waals surface area contributed by atoms with Gasteiger partial charge in [-0.25, -0.2) is 4.79 Å². The Morgan fingerprint density at radius 3 is 1.70 bits per heavy atom. The predicted octanol–water partition coefficient (Wildman–Crippen LogP) is 8.91. The molecule has 0 aromatic heterocycles. The molecule has 236 valence electrons. The molecule has 0 spiro atoms. The molecule has 46 heavy (non-hydrogen) atoms. The predicted molar refractivity (Wildman–Crippen MR) is 182 cm³/mol. The molecule has 6 nitrogen and oxygen atoms in total. The lowest BCUT2D eigenvalue weighted by atomic mass is 9.90. The van der Waals surface area contributed by atoms with E-state index >= 15 is 0 Å². The maximum atomic E-state index is 11.9. The summed E-state index contributed by atoms with van der Waals surface area (Å²) in [6.07, 6.45) is 8.22. The van der Waals surface area contributed by atoms with E-state index in [4.69, 9.17) is 14.2 Å². The maximum Gasteiger partial charge on any atom is 0.330 e. The standard InChI is InChI=1S/C22H22O4.C17H15BrO2/c1-2-25-22(24)13-10-16-6-8-17(9-7-16)15-26-19-11-12-20-18(14-19)4-3-5-21(20)23;18-14-6-4-12(5-7-14)11-20-15-8-9-16-13(10-15)2-1-3-17(16)19/h6-14H,2-5,15H2,1H3;4-10H,1-3,11H2/b13-10+;. The number of fused-ring (bicyclic) bond motifs is 2. The Morgan fingerprint density at radius 2 is 1.20 bits per heavy atom. The molecular formula is C39H37BrO6. The monoisotopic (exact) mass is 680 g/mol. The molecule has 7 heteroatoms. The Morgan fingerprint density at radius 1 is 0.696 bits per heavy atom. The van der Waals surface area contributed by atoms with Crippen LogP contribution >= 0.6 is 15.9 Å². The highest BCUT2D eigenvalue weighted by molar-refractivity contribution is 9.10. The largest absolute Gasteiger partial charge is 0.489 e. The molecule has 0 atom stereocenters. The number of rotatable bonds is 9. The summed E-state index contributed by atoms with van der Waals surface area (Å²) in [6.45, 7) is 3.14. The fourth-order valence-corrected chi connectivity index (χ4v) is 5.68. The first kappa shape index (κ1) is 32.9. The van der Waals surface area contributed by atoms with Crippen molar-refractivity contribution in [2.24, 2.45) is 0 Å². The molecule has 4 aromatic carbocycles. The third-order valence-corrected chi connectivity index (χ3v) is 8.39. The Kier molecular flexibility index (Phi) is 11.6. The zero-order valence-electron chi connectivity index (χ0n) is 25.9. The van der Waals surface area contributed by atoms with E-state index in [1.165, 1.54) is 6.08 Å². The number of aryl methyl sites for hydroxylation is 2. The van der Waals surface area contributed by atoms with E-state index in [1.807, 2.05) is 84.9 Å². The van der Waals surface area contributed by atoms with Crippen LogP contribution in [0.5, 0.6) is 11.5 Å². The summed E-state index contributed by atoms with van der Waals surface area (Å²) < 4.78 is 17.6. The second kappa shape index (κ2) is 16.2. The Hall–Kier alpha value is -4.49. The van der Waals surface area contributed by atoms with Crippen LogP contribution in [-0.2, 0) is 35.6 Å². The van der Waals surface area contributed by atoms with Crippen molar-refractivity contribution in [3.8, 4) is 11.5 Å². The van der Waals surface area contributed by atoms with Crippen molar-refractivity contribution in [1.29, 1.82) is 0 Å². The third kappa shape index (κ3) is 9.27. The normalized spacial score (nSPS) is 13.7. The fraction of sp³-hybridized carbons (Fsp3) is 0.256. The van der Waals surface area contributed by atoms with Gasteiger partial charge in [0.15, 0.2) is 11.6 Å². The van der Waals surface area contributed by atoms with Gasteiger partial charge < -0.3 is 14.2 Å². The molecule has 0 heterocycles. The zero-order chi connectivity index (χ0) is 32.3. The lowest BCUT2D eigenvalue weighted by Gasteiger charge is -2.16. The Balaban J connectivity index is 0.000000187. The highest BCUT2D eigenvalue weighted by Crippen LogP contribution is 2.27. The van der Waals surface area contributed by atoms with Crippen LogP contribution in [0.25, 0.3) is 6.08 Å². The van der Waals surface area contributed by atoms with Crippen molar-refractivity contribution in [2.45, 2.75) is 58.7 Å². The van der Waals surface area contributed by atoms with Gasteiger partial charge in [-0.15, -0.1) is 0 Å². The van der Waals surface area contributed by atoms with E-state index in [1.54, 1.807) is 13.0 Å². The number of ketones is 2. The Bertz CT molecular complexity index is 1710. The number of halogens is 1. The molecule has 0 fully saturated rings. The van der Waals surface area contributed by atoms with Crippen molar-refractivity contribution < 1.29 is 28.6 Å². The number of Topliss-reactive ketones (excluding diaryl/α,β-unsaturated/α-hetero) is 2. The van der Waals surface area contributed by atoms with E-state index in [-0.39, 0.29) is 17.5 Å². The molecule has 4 aromatic rings. The molecule has 0 radical (unpaired) electrons. The summed E-state index contributed by atoms with van der Waals surface area (Å²) in [6, 6.07) is 27.4. The summed E-state index contributed by atoms with van der Waals surface area (Å²) in [5.74, 6) is 1.76. The smallest absolute Gasteiger partial charge is 0.330 e.